The number of aromatic nitrogens is 1. The molecular weight excluding hydrogens is 520 g/mol. The molecule has 2 amide bonds. The summed E-state index contributed by atoms with van der Waals surface area (Å²) in [7, 11) is 0. The van der Waals surface area contributed by atoms with Crippen LogP contribution in [0.5, 0.6) is 0 Å². The molecule has 0 fully saturated rings. The van der Waals surface area contributed by atoms with Crippen LogP contribution in [0.1, 0.15) is 30.6 Å². The molecule has 1 aromatic heterocycles. The van der Waals surface area contributed by atoms with Crippen LogP contribution in [-0.4, -0.2) is 65.2 Å². The molecule has 0 bridgehead atoms. The van der Waals surface area contributed by atoms with Crippen LogP contribution in [0.4, 0.5) is 17.6 Å². The van der Waals surface area contributed by atoms with E-state index < -0.39 is 35.2 Å². The Morgan fingerprint density at radius 2 is 1.92 bits per heavy atom. The zero-order valence-corrected chi connectivity index (χ0v) is 21.1. The number of allylic oxidation sites excluding steroid dienone is 1. The Hall–Kier alpha value is -4.39. The van der Waals surface area contributed by atoms with Gasteiger partial charge in [0.1, 0.15) is 11.7 Å². The molecule has 0 saturated heterocycles. The van der Waals surface area contributed by atoms with Gasteiger partial charge in [-0.2, -0.15) is 13.2 Å². The summed E-state index contributed by atoms with van der Waals surface area (Å²) < 4.78 is 52.8. The molecular formula is C26H30F4N6O3. The molecule has 1 heterocycles. The topological polar surface area (TPSA) is 145 Å². The van der Waals surface area contributed by atoms with Crippen molar-refractivity contribution in [2.24, 2.45) is 10.7 Å². The number of nitrogens with two attached hydrogens (primary N) is 1. The fourth-order valence-corrected chi connectivity index (χ4v) is 2.78. The van der Waals surface area contributed by atoms with Gasteiger partial charge in [0.05, 0.1) is 17.4 Å². The average Bonchev–Trinajstić information content (AvgIpc) is 2.91. The van der Waals surface area contributed by atoms with Crippen LogP contribution in [-0.2, 0) is 9.59 Å². The van der Waals surface area contributed by atoms with Crippen LogP contribution in [0.3, 0.4) is 0 Å². The minimum atomic E-state index is -4.85. The number of hydrogen-bond acceptors (Lipinski definition) is 6. The van der Waals surface area contributed by atoms with Gasteiger partial charge >= 0.3 is 6.18 Å². The molecule has 0 spiro atoms. The summed E-state index contributed by atoms with van der Waals surface area (Å²) in [6.45, 7) is 2.55. The number of pyridine rings is 1. The van der Waals surface area contributed by atoms with Crippen molar-refractivity contribution in [2.75, 3.05) is 19.6 Å². The minimum absolute atomic E-state index is 0.0829. The maximum atomic E-state index is 13.3. The van der Waals surface area contributed by atoms with E-state index >= 15 is 0 Å². The van der Waals surface area contributed by atoms with Gasteiger partial charge in [0, 0.05) is 38.2 Å². The second kappa shape index (κ2) is 17.2. The molecule has 1 unspecified atom stereocenters. The predicted octanol–water partition coefficient (Wildman–Crippen LogP) is 3.28. The number of aliphatic hydroxyl groups excluding tert-OH is 1. The maximum absolute atomic E-state index is 13.3. The van der Waals surface area contributed by atoms with Crippen molar-refractivity contribution in [3.8, 4) is 0 Å². The van der Waals surface area contributed by atoms with Crippen molar-refractivity contribution in [2.45, 2.75) is 25.6 Å². The van der Waals surface area contributed by atoms with E-state index in [9.17, 15) is 27.2 Å². The molecule has 1 atom stereocenters. The summed E-state index contributed by atoms with van der Waals surface area (Å²) in [6.07, 6.45) is 2.49. The van der Waals surface area contributed by atoms with Gasteiger partial charge in [0.15, 0.2) is 0 Å². The first-order valence-corrected chi connectivity index (χ1v) is 11.6. The number of carbonyl (C=O) groups excluding carboxylic acids is 2. The number of hydrogen-bond donors (Lipinski definition) is 4. The van der Waals surface area contributed by atoms with Crippen LogP contribution in [0.15, 0.2) is 77.7 Å². The number of aliphatic imine (C=N–C) groups is 1. The molecule has 0 radical (unpaired) electrons. The Kier molecular flexibility index (Phi) is 14.4. The minimum Gasteiger partial charge on any atom is -0.389 e. The number of aliphatic hydroxyl groups is 1. The van der Waals surface area contributed by atoms with Gasteiger partial charge < -0.3 is 26.5 Å². The third-order valence-corrected chi connectivity index (χ3v) is 4.87. The lowest BCUT2D eigenvalue weighted by molar-refractivity contribution is -0.118. The summed E-state index contributed by atoms with van der Waals surface area (Å²) in [5.74, 6) is -1.42. The van der Waals surface area contributed by atoms with E-state index in [4.69, 9.17) is 16.2 Å². The Balaban J connectivity index is 0.000000708. The van der Waals surface area contributed by atoms with Crippen LogP contribution in [0.25, 0.3) is 0 Å². The summed E-state index contributed by atoms with van der Waals surface area (Å²) >= 11 is 0. The number of carbonyl (C=O) groups is 2. The molecule has 13 heteroatoms. The number of halogens is 4. The summed E-state index contributed by atoms with van der Waals surface area (Å²) in [5, 5.41) is 19.2. The molecule has 2 rings (SSSR count). The molecule has 39 heavy (non-hydrogen) atoms. The first-order chi connectivity index (χ1) is 18.5. The molecule has 0 saturated carbocycles. The first kappa shape index (κ1) is 32.6. The first-order valence-electron chi connectivity index (χ1n) is 11.6. The number of nitrogens with one attached hydrogen (secondary N) is 2. The lowest BCUT2D eigenvalue weighted by atomic mass is 10.1. The average molecular weight is 551 g/mol. The smallest absolute Gasteiger partial charge is 0.389 e. The molecule has 5 N–H and O–H groups in total. The van der Waals surface area contributed by atoms with Crippen molar-refractivity contribution in [1.82, 2.24) is 15.2 Å². The number of rotatable bonds is 13. The second-order valence-corrected chi connectivity index (χ2v) is 7.84. The number of alkyl halides is 3. The van der Waals surface area contributed by atoms with E-state index in [0.29, 0.717) is 25.3 Å². The molecule has 9 nitrogen and oxygen atoms in total. The Morgan fingerprint density at radius 1 is 1.23 bits per heavy atom. The molecule has 0 aliphatic heterocycles. The molecule has 0 aliphatic rings. The number of amidine groups is 1. The molecule has 1 aromatic carbocycles. The van der Waals surface area contributed by atoms with E-state index in [0.717, 1.165) is 23.9 Å². The summed E-state index contributed by atoms with van der Waals surface area (Å²) in [6, 6.07) is 8.07. The summed E-state index contributed by atoms with van der Waals surface area (Å²) in [5.41, 5.74) is 4.58. The van der Waals surface area contributed by atoms with Crippen molar-refractivity contribution in [3.05, 3.63) is 89.7 Å². The maximum Gasteiger partial charge on any atom is 0.420 e. The highest BCUT2D eigenvalue weighted by Gasteiger charge is 2.36. The number of nitrogens with zero attached hydrogens (tertiary/aromatic N) is 3. The lowest BCUT2D eigenvalue weighted by Gasteiger charge is -2.15. The van der Waals surface area contributed by atoms with Gasteiger partial charge in [-0.05, 0) is 60.9 Å². The zero-order chi connectivity index (χ0) is 29.3. The highest BCUT2D eigenvalue weighted by molar-refractivity contribution is 6.12. The predicted molar refractivity (Wildman–Crippen MR) is 139 cm³/mol. The third-order valence-electron chi connectivity index (χ3n) is 4.87. The third kappa shape index (κ3) is 13.1. The van der Waals surface area contributed by atoms with Crippen molar-refractivity contribution in [1.29, 1.82) is 5.41 Å². The van der Waals surface area contributed by atoms with Crippen molar-refractivity contribution in [3.63, 3.8) is 0 Å². The molecule has 0 aliphatic carbocycles. The fourth-order valence-electron chi connectivity index (χ4n) is 2.78. The van der Waals surface area contributed by atoms with Gasteiger partial charge in [0.25, 0.3) is 0 Å². The second-order valence-electron chi connectivity index (χ2n) is 7.84. The zero-order valence-electron chi connectivity index (χ0n) is 21.1. The van der Waals surface area contributed by atoms with Gasteiger partial charge in [-0.3, -0.25) is 14.6 Å². The quantitative estimate of drug-likeness (QED) is 0.0995. The van der Waals surface area contributed by atoms with E-state index in [-0.39, 0.29) is 25.2 Å². The van der Waals surface area contributed by atoms with Crippen LogP contribution < -0.4 is 11.1 Å². The standard InChI is InChI=1S/C19H21F4N5O2.C7H9NO/c20-15-5-3-14(4-6-15)17(24)11-16(19(21,22)23)18(25)27-7-1-2-9-28(13-30)10-8-26-12-29;1-6(9)7-3-2-4-8-5-7/h1,3-7,11-13,24H,2,8-10H2,(H2,25,27)(H,26,29);2-6,9H,1H3/b7-1+,16-11+,24-17?;. The monoisotopic (exact) mass is 550 g/mol. The van der Waals surface area contributed by atoms with Gasteiger partial charge in [-0.25, -0.2) is 9.38 Å². The SMILES string of the molecule is CC(O)c1cccnc1.N=C(\C=C(/C(N)=N\C=C\CCN(C=O)CCNC=O)C(F)(F)F)c1ccc(F)cc1. The Bertz CT molecular complexity index is 1130. The van der Waals surface area contributed by atoms with Crippen molar-refractivity contribution >= 4 is 24.4 Å². The Morgan fingerprint density at radius 3 is 2.44 bits per heavy atom. The van der Waals surface area contributed by atoms with Crippen molar-refractivity contribution < 1.29 is 32.3 Å². The number of amides is 2. The van der Waals surface area contributed by atoms with E-state index in [1.807, 2.05) is 12.1 Å². The lowest BCUT2D eigenvalue weighted by Crippen LogP contribution is -2.31. The van der Waals surface area contributed by atoms with Crippen LogP contribution in [0.2, 0.25) is 0 Å². The Labute approximate surface area is 223 Å². The van der Waals surface area contributed by atoms with Gasteiger partial charge in [0.2, 0.25) is 12.8 Å². The highest BCUT2D eigenvalue weighted by Crippen LogP contribution is 2.26. The molecule has 2 aromatic rings. The fraction of sp³-hybridized carbons (Fsp3) is 0.269. The van der Waals surface area contributed by atoms with Crippen LogP contribution >= 0.6 is 0 Å². The van der Waals surface area contributed by atoms with Gasteiger partial charge in [-0.15, -0.1) is 0 Å². The van der Waals surface area contributed by atoms with E-state index in [1.54, 1.807) is 19.3 Å². The molecule has 210 valence electrons. The normalized spacial score (nSPS) is 12.8. The summed E-state index contributed by atoms with van der Waals surface area (Å²) in [4.78, 5) is 29.8. The van der Waals surface area contributed by atoms with E-state index in [2.05, 4.69) is 15.3 Å². The largest absolute Gasteiger partial charge is 0.420 e. The number of benzene rings is 1. The highest BCUT2D eigenvalue weighted by atomic mass is 19.4. The van der Waals surface area contributed by atoms with Gasteiger partial charge in [-0.1, -0.05) is 12.1 Å². The van der Waals surface area contributed by atoms with E-state index in [1.165, 1.54) is 23.1 Å². The van der Waals surface area contributed by atoms with Crippen LogP contribution in [0, 0.1) is 11.2 Å².